The van der Waals surface area contributed by atoms with Crippen LogP contribution in [0.4, 0.5) is 0 Å². The molecule has 0 aromatic heterocycles. The first-order valence-corrected chi connectivity index (χ1v) is 10.4. The number of aliphatic hydroxyl groups is 3. The quantitative estimate of drug-likeness (QED) is 0.136. The average Bonchev–Trinajstić information content (AvgIpc) is 2.32. The second kappa shape index (κ2) is 9.56. The summed E-state index contributed by atoms with van der Waals surface area (Å²) in [4.78, 5) is 52.4. The van der Waals surface area contributed by atoms with Crippen molar-refractivity contribution in [3.63, 3.8) is 0 Å². The fourth-order valence-electron chi connectivity index (χ4n) is 2.01. The molecular weight excluding hydrogens is 444 g/mol. The standard InChI is InChI=1S/C6H15O15P3.K/c7-1-2(8)5(20-23(13,14)15)6(21-24(16,17)18)3(9)4(1)19-22(10,11)12;/h1-9H,(H2,10,11,12)(H2,13,14,15)(H2,16,17,18);. The van der Waals surface area contributed by atoms with Crippen LogP contribution in [-0.2, 0) is 27.3 Å². The van der Waals surface area contributed by atoms with Crippen molar-refractivity contribution in [1.29, 1.82) is 0 Å². The second-order valence-electron chi connectivity index (χ2n) is 4.65. The number of hydrogen-bond donors (Lipinski definition) is 9. The van der Waals surface area contributed by atoms with Gasteiger partial charge in [-0.15, -0.1) is 0 Å². The van der Waals surface area contributed by atoms with Crippen LogP contribution >= 0.6 is 23.5 Å². The van der Waals surface area contributed by atoms with Crippen molar-refractivity contribution in [2.75, 3.05) is 0 Å². The van der Waals surface area contributed by atoms with E-state index in [1.54, 1.807) is 0 Å². The maximum atomic E-state index is 10.9. The smallest absolute Gasteiger partial charge is 0.387 e. The van der Waals surface area contributed by atoms with Crippen molar-refractivity contribution in [3.05, 3.63) is 0 Å². The molecule has 1 saturated carbocycles. The van der Waals surface area contributed by atoms with Gasteiger partial charge in [-0.3, -0.25) is 13.6 Å². The Kier molecular flexibility index (Phi) is 10.3. The SMILES string of the molecule is O=P(O)(O)OC1C(O)C(O)C(OP(=O)(O)O)C(OP(=O)(O)O)C1O.[K]. The van der Waals surface area contributed by atoms with E-state index < -0.39 is 60.1 Å². The Hall–Kier alpha value is 1.85. The molecule has 0 aromatic carbocycles. The normalized spacial score (nSPS) is 34.4. The molecule has 0 amide bonds. The van der Waals surface area contributed by atoms with Gasteiger partial charge in [0.15, 0.2) is 0 Å². The third kappa shape index (κ3) is 8.81. The maximum Gasteiger partial charge on any atom is 0.470 e. The predicted octanol–water partition coefficient (Wildman–Crippen LogP) is -3.86. The van der Waals surface area contributed by atoms with Gasteiger partial charge in [0.1, 0.15) is 36.6 Å². The van der Waals surface area contributed by atoms with Crippen molar-refractivity contribution in [1.82, 2.24) is 0 Å². The minimum Gasteiger partial charge on any atom is -0.387 e. The summed E-state index contributed by atoms with van der Waals surface area (Å²) in [5, 5.41) is 29.3. The zero-order valence-corrected chi connectivity index (χ0v) is 18.1. The van der Waals surface area contributed by atoms with Gasteiger partial charge in [-0.05, 0) is 0 Å². The third-order valence-electron chi connectivity index (χ3n) is 2.80. The van der Waals surface area contributed by atoms with Crippen LogP contribution in [0.5, 0.6) is 0 Å². The summed E-state index contributed by atoms with van der Waals surface area (Å²) in [6.45, 7) is 0. The Bertz CT molecular complexity index is 580. The molecule has 0 aromatic rings. The van der Waals surface area contributed by atoms with Crippen LogP contribution in [0, 0.1) is 0 Å². The van der Waals surface area contributed by atoms with Gasteiger partial charge in [-0.2, -0.15) is 0 Å². The topological polar surface area (TPSA) is 261 Å². The number of rotatable bonds is 6. The van der Waals surface area contributed by atoms with Gasteiger partial charge in [-0.1, -0.05) is 0 Å². The molecule has 1 aliphatic carbocycles. The minimum atomic E-state index is -5.43. The first kappa shape index (κ1) is 26.8. The van der Waals surface area contributed by atoms with Crippen molar-refractivity contribution in [2.45, 2.75) is 36.6 Å². The summed E-state index contributed by atoms with van der Waals surface area (Å²) in [6, 6.07) is 0. The summed E-state index contributed by atoms with van der Waals surface area (Å²) < 4.78 is 44.7. The first-order chi connectivity index (χ1) is 10.5. The molecule has 0 saturated heterocycles. The van der Waals surface area contributed by atoms with Gasteiger partial charge in [0.2, 0.25) is 0 Å². The van der Waals surface area contributed by atoms with E-state index in [2.05, 4.69) is 13.6 Å². The number of phosphoric acid groups is 3. The van der Waals surface area contributed by atoms with Crippen LogP contribution in [-0.4, -0.2) is 133 Å². The molecule has 0 spiro atoms. The molecule has 1 radical (unpaired) electrons. The van der Waals surface area contributed by atoms with Gasteiger partial charge in [0.05, 0.1) is 0 Å². The number of hydrogen-bond acceptors (Lipinski definition) is 9. The van der Waals surface area contributed by atoms with E-state index in [1.165, 1.54) is 0 Å². The fraction of sp³-hybridized carbons (Fsp3) is 1.00. The largest absolute Gasteiger partial charge is 0.470 e. The summed E-state index contributed by atoms with van der Waals surface area (Å²) >= 11 is 0. The van der Waals surface area contributed by atoms with Crippen LogP contribution in [0.2, 0.25) is 0 Å². The molecule has 145 valence electrons. The Morgan fingerprint density at radius 1 is 0.520 bits per heavy atom. The molecule has 0 bridgehead atoms. The van der Waals surface area contributed by atoms with E-state index in [0.717, 1.165) is 0 Å². The molecule has 1 fully saturated rings. The van der Waals surface area contributed by atoms with Crippen molar-refractivity contribution < 1.29 is 71.9 Å². The molecule has 25 heavy (non-hydrogen) atoms. The van der Waals surface area contributed by atoms with Crippen molar-refractivity contribution >= 4 is 74.9 Å². The fourth-order valence-corrected chi connectivity index (χ4v) is 3.70. The van der Waals surface area contributed by atoms with E-state index in [-0.39, 0.29) is 51.4 Å². The predicted molar refractivity (Wildman–Crippen MR) is 74.5 cm³/mol. The molecule has 0 heterocycles. The monoisotopic (exact) mass is 459 g/mol. The number of aliphatic hydroxyl groups excluding tert-OH is 3. The summed E-state index contributed by atoms with van der Waals surface area (Å²) in [5.74, 6) is 0. The molecule has 1 aliphatic rings. The zero-order valence-electron chi connectivity index (χ0n) is 12.3. The van der Waals surface area contributed by atoms with E-state index >= 15 is 0 Å². The van der Waals surface area contributed by atoms with Gasteiger partial charge in [0, 0.05) is 51.4 Å². The molecule has 6 unspecified atom stereocenters. The van der Waals surface area contributed by atoms with Crippen molar-refractivity contribution in [2.24, 2.45) is 0 Å². The van der Waals surface area contributed by atoms with Gasteiger partial charge in [-0.25, -0.2) is 13.7 Å². The summed E-state index contributed by atoms with van der Waals surface area (Å²) in [5.41, 5.74) is 0. The second-order valence-corrected chi connectivity index (χ2v) is 8.23. The average molecular weight is 459 g/mol. The minimum absolute atomic E-state index is 0. The summed E-state index contributed by atoms with van der Waals surface area (Å²) in [7, 11) is -16.2. The molecule has 9 N–H and O–H groups in total. The van der Waals surface area contributed by atoms with E-state index in [9.17, 15) is 29.0 Å². The molecule has 19 heteroatoms. The Morgan fingerprint density at radius 3 is 1.08 bits per heavy atom. The van der Waals surface area contributed by atoms with Gasteiger partial charge in [0.25, 0.3) is 0 Å². The van der Waals surface area contributed by atoms with Crippen LogP contribution in [0.25, 0.3) is 0 Å². The van der Waals surface area contributed by atoms with Crippen LogP contribution < -0.4 is 0 Å². The van der Waals surface area contributed by atoms with E-state index in [1.807, 2.05) is 0 Å². The van der Waals surface area contributed by atoms with E-state index in [4.69, 9.17) is 29.4 Å². The Labute approximate surface area is 182 Å². The molecular formula is C6H15KO15P3. The first-order valence-electron chi connectivity index (χ1n) is 5.78. The molecule has 15 nitrogen and oxygen atoms in total. The molecule has 1 rings (SSSR count). The zero-order chi connectivity index (χ0) is 19.1. The van der Waals surface area contributed by atoms with Gasteiger partial charge < -0.3 is 44.7 Å². The Morgan fingerprint density at radius 2 is 0.760 bits per heavy atom. The van der Waals surface area contributed by atoms with E-state index in [0.29, 0.717) is 0 Å². The maximum absolute atomic E-state index is 10.9. The summed E-state index contributed by atoms with van der Waals surface area (Å²) in [6.07, 6.45) is -14.3. The van der Waals surface area contributed by atoms with Crippen molar-refractivity contribution in [3.8, 4) is 0 Å². The van der Waals surface area contributed by atoms with Crippen LogP contribution in [0.15, 0.2) is 0 Å². The molecule has 0 aliphatic heterocycles. The number of phosphoric ester groups is 3. The van der Waals surface area contributed by atoms with Crippen LogP contribution in [0.3, 0.4) is 0 Å². The van der Waals surface area contributed by atoms with Gasteiger partial charge >= 0.3 is 23.5 Å². The third-order valence-corrected chi connectivity index (χ3v) is 4.35. The van der Waals surface area contributed by atoms with Crippen LogP contribution in [0.1, 0.15) is 0 Å². The Balaban J connectivity index is 0.00000576. The molecule has 6 atom stereocenters.